The molecule has 0 unspecified atom stereocenters. The molecule has 0 aromatic heterocycles. The fraction of sp³-hybridized carbons (Fsp3) is 0.500. The van der Waals surface area contributed by atoms with Gasteiger partial charge in [-0.15, -0.1) is 0 Å². The van der Waals surface area contributed by atoms with Gasteiger partial charge in [-0.3, -0.25) is 9.69 Å². The third-order valence-corrected chi connectivity index (χ3v) is 3.51. The summed E-state index contributed by atoms with van der Waals surface area (Å²) >= 11 is 0. The maximum Gasteiger partial charge on any atom is 0.238 e. The van der Waals surface area contributed by atoms with E-state index in [1.807, 2.05) is 6.07 Å². The Hall–Kier alpha value is -1.59. The lowest BCUT2D eigenvalue weighted by Gasteiger charge is -2.29. The number of aryl methyl sites for hydroxylation is 1. The molecule has 0 bridgehead atoms. The highest BCUT2D eigenvalue weighted by atomic mass is 16.3. The van der Waals surface area contributed by atoms with E-state index >= 15 is 0 Å². The molecule has 4 N–H and O–H groups in total. The smallest absolute Gasteiger partial charge is 0.238 e. The number of anilines is 1. The van der Waals surface area contributed by atoms with Gasteiger partial charge in [-0.1, -0.05) is 12.1 Å². The minimum Gasteiger partial charge on any atom is -0.505 e. The number of piperidine rings is 1. The Kier molecular flexibility index (Phi) is 4.39. The summed E-state index contributed by atoms with van der Waals surface area (Å²) in [5.41, 5.74) is 7.05. The summed E-state index contributed by atoms with van der Waals surface area (Å²) in [5, 5.41) is 12.6. The van der Waals surface area contributed by atoms with Gasteiger partial charge >= 0.3 is 0 Å². The van der Waals surface area contributed by atoms with Gasteiger partial charge in [0.2, 0.25) is 5.91 Å². The Morgan fingerprint density at radius 2 is 2.16 bits per heavy atom. The monoisotopic (exact) mass is 263 g/mol. The number of hydrogen-bond donors (Lipinski definition) is 3. The number of carbonyl (C=O) groups excluding carboxylic acids is 1. The van der Waals surface area contributed by atoms with Gasteiger partial charge in [0.1, 0.15) is 5.75 Å². The number of nitrogens with one attached hydrogen (secondary N) is 1. The quantitative estimate of drug-likeness (QED) is 0.713. The van der Waals surface area contributed by atoms with Gasteiger partial charge in [0.25, 0.3) is 0 Å². The molecule has 0 saturated carbocycles. The average molecular weight is 263 g/mol. The molecular weight excluding hydrogens is 242 g/mol. The Labute approximate surface area is 113 Å². The summed E-state index contributed by atoms with van der Waals surface area (Å²) in [6, 6.07) is 5.58. The molecule has 1 heterocycles. The second-order valence-corrected chi connectivity index (χ2v) is 5.13. The molecule has 5 nitrogen and oxygen atoms in total. The first kappa shape index (κ1) is 13.8. The van der Waals surface area contributed by atoms with E-state index in [1.54, 1.807) is 19.1 Å². The van der Waals surface area contributed by atoms with Crippen molar-refractivity contribution in [2.45, 2.75) is 25.8 Å². The minimum absolute atomic E-state index is 0.101. The number of benzene rings is 1. The molecule has 19 heavy (non-hydrogen) atoms. The molecule has 1 aromatic rings. The zero-order valence-electron chi connectivity index (χ0n) is 11.2. The summed E-state index contributed by atoms with van der Waals surface area (Å²) in [6.45, 7) is 3.86. The van der Waals surface area contributed by atoms with Gasteiger partial charge < -0.3 is 16.2 Å². The largest absolute Gasteiger partial charge is 0.505 e. The van der Waals surface area contributed by atoms with E-state index in [0.29, 0.717) is 12.2 Å². The molecule has 1 aliphatic rings. The second kappa shape index (κ2) is 6.04. The van der Waals surface area contributed by atoms with Crippen molar-refractivity contribution in [3.05, 3.63) is 23.8 Å². The maximum atomic E-state index is 11.9. The van der Waals surface area contributed by atoms with Crippen molar-refractivity contribution in [1.29, 1.82) is 0 Å². The van der Waals surface area contributed by atoms with E-state index in [4.69, 9.17) is 5.73 Å². The van der Waals surface area contributed by atoms with E-state index in [-0.39, 0.29) is 17.7 Å². The topological polar surface area (TPSA) is 78.6 Å². The van der Waals surface area contributed by atoms with Crippen LogP contribution in [-0.4, -0.2) is 41.6 Å². The number of nitrogens with zero attached hydrogens (tertiary/aromatic N) is 1. The zero-order valence-corrected chi connectivity index (χ0v) is 11.2. The van der Waals surface area contributed by atoms with Crippen LogP contribution in [0, 0.1) is 6.92 Å². The van der Waals surface area contributed by atoms with E-state index in [1.165, 1.54) is 0 Å². The van der Waals surface area contributed by atoms with Gasteiger partial charge in [-0.25, -0.2) is 0 Å². The van der Waals surface area contributed by atoms with Crippen molar-refractivity contribution in [3.63, 3.8) is 0 Å². The first-order chi connectivity index (χ1) is 9.06. The highest BCUT2D eigenvalue weighted by molar-refractivity contribution is 5.93. The summed E-state index contributed by atoms with van der Waals surface area (Å²) in [5.74, 6) is 0.0351. The van der Waals surface area contributed by atoms with Crippen molar-refractivity contribution in [3.8, 4) is 5.75 Å². The molecule has 1 amide bonds. The normalized spacial score (nSPS) is 17.4. The predicted molar refractivity (Wildman–Crippen MR) is 75.1 cm³/mol. The van der Waals surface area contributed by atoms with E-state index in [9.17, 15) is 9.90 Å². The molecule has 0 radical (unpaired) electrons. The lowest BCUT2D eigenvalue weighted by Crippen LogP contribution is -2.43. The zero-order chi connectivity index (χ0) is 13.8. The number of aromatic hydroxyl groups is 1. The number of para-hydroxylation sites is 1. The molecule has 5 heteroatoms. The van der Waals surface area contributed by atoms with Crippen LogP contribution in [0.1, 0.15) is 18.4 Å². The van der Waals surface area contributed by atoms with Crippen LogP contribution in [0.25, 0.3) is 0 Å². The van der Waals surface area contributed by atoms with Crippen LogP contribution in [0.5, 0.6) is 5.75 Å². The summed E-state index contributed by atoms with van der Waals surface area (Å²) < 4.78 is 0. The molecule has 1 aromatic carbocycles. The molecule has 1 fully saturated rings. The van der Waals surface area contributed by atoms with Crippen LogP contribution in [0.15, 0.2) is 18.2 Å². The average Bonchev–Trinajstić information content (AvgIpc) is 2.38. The number of amides is 1. The number of nitrogens with two attached hydrogens (primary N) is 1. The van der Waals surface area contributed by atoms with Crippen molar-refractivity contribution in [2.75, 3.05) is 25.0 Å². The fourth-order valence-corrected chi connectivity index (χ4v) is 2.26. The Balaban J connectivity index is 1.89. The molecule has 104 valence electrons. The van der Waals surface area contributed by atoms with Crippen molar-refractivity contribution >= 4 is 11.6 Å². The van der Waals surface area contributed by atoms with E-state index < -0.39 is 0 Å². The summed E-state index contributed by atoms with van der Waals surface area (Å²) in [7, 11) is 0. The SMILES string of the molecule is Cc1cccc(NC(=O)CN2CCC(N)CC2)c1O. The fourth-order valence-electron chi connectivity index (χ4n) is 2.26. The van der Waals surface area contributed by atoms with E-state index in [0.717, 1.165) is 31.5 Å². The van der Waals surface area contributed by atoms with Gasteiger partial charge in [0.05, 0.1) is 12.2 Å². The van der Waals surface area contributed by atoms with E-state index in [2.05, 4.69) is 10.2 Å². The van der Waals surface area contributed by atoms with Gasteiger partial charge in [-0.2, -0.15) is 0 Å². The highest BCUT2D eigenvalue weighted by Crippen LogP contribution is 2.26. The van der Waals surface area contributed by atoms with Crippen LogP contribution in [0.4, 0.5) is 5.69 Å². The number of phenols is 1. The predicted octanol–water partition coefficient (Wildman–Crippen LogP) is 1.06. The number of phenolic OH excluding ortho intramolecular Hbond substituents is 1. The molecular formula is C14H21N3O2. The first-order valence-corrected chi connectivity index (χ1v) is 6.62. The Morgan fingerprint density at radius 3 is 2.84 bits per heavy atom. The van der Waals surface area contributed by atoms with Crippen molar-refractivity contribution in [2.24, 2.45) is 5.73 Å². The standard InChI is InChI=1S/C14H21N3O2/c1-10-3-2-4-12(14(10)19)16-13(18)9-17-7-5-11(15)6-8-17/h2-4,11,19H,5-9,15H2,1H3,(H,16,18). The molecule has 1 saturated heterocycles. The minimum atomic E-state index is -0.101. The molecule has 0 spiro atoms. The number of rotatable bonds is 3. The maximum absolute atomic E-state index is 11.9. The Morgan fingerprint density at radius 1 is 1.47 bits per heavy atom. The third-order valence-electron chi connectivity index (χ3n) is 3.51. The van der Waals surface area contributed by atoms with Crippen LogP contribution < -0.4 is 11.1 Å². The van der Waals surface area contributed by atoms with Crippen molar-refractivity contribution < 1.29 is 9.90 Å². The number of carbonyl (C=O) groups is 1. The number of hydrogen-bond acceptors (Lipinski definition) is 4. The lowest BCUT2D eigenvalue weighted by atomic mass is 10.1. The molecule has 0 atom stereocenters. The molecule has 0 aliphatic carbocycles. The third kappa shape index (κ3) is 3.68. The van der Waals surface area contributed by atoms with Gasteiger partial charge in [0, 0.05) is 19.1 Å². The highest BCUT2D eigenvalue weighted by Gasteiger charge is 2.18. The van der Waals surface area contributed by atoms with Crippen molar-refractivity contribution in [1.82, 2.24) is 4.90 Å². The first-order valence-electron chi connectivity index (χ1n) is 6.62. The van der Waals surface area contributed by atoms with Crippen LogP contribution in [-0.2, 0) is 4.79 Å². The second-order valence-electron chi connectivity index (χ2n) is 5.13. The van der Waals surface area contributed by atoms with Crippen LogP contribution in [0.2, 0.25) is 0 Å². The lowest BCUT2D eigenvalue weighted by molar-refractivity contribution is -0.117. The van der Waals surface area contributed by atoms with Gasteiger partial charge in [0.15, 0.2) is 0 Å². The van der Waals surface area contributed by atoms with Crippen LogP contribution in [0.3, 0.4) is 0 Å². The number of likely N-dealkylation sites (tertiary alicyclic amines) is 1. The van der Waals surface area contributed by atoms with Gasteiger partial charge in [-0.05, 0) is 31.4 Å². The molecule has 1 aliphatic heterocycles. The van der Waals surface area contributed by atoms with Crippen LogP contribution >= 0.6 is 0 Å². The Bertz CT molecular complexity index is 454. The summed E-state index contributed by atoms with van der Waals surface area (Å²) in [4.78, 5) is 14.0. The molecule has 2 rings (SSSR count). The summed E-state index contributed by atoms with van der Waals surface area (Å²) in [6.07, 6.45) is 1.87.